The van der Waals surface area contributed by atoms with E-state index in [-0.39, 0.29) is 12.1 Å². The molecule has 1 saturated heterocycles. The second-order valence-electron chi connectivity index (χ2n) is 7.06. The van der Waals surface area contributed by atoms with Crippen molar-refractivity contribution in [2.24, 2.45) is 0 Å². The quantitative estimate of drug-likeness (QED) is 0.838. The Morgan fingerprint density at radius 1 is 1.36 bits per heavy atom. The normalized spacial score (nSPS) is 29.1. The molecule has 0 aromatic carbocycles. The van der Waals surface area contributed by atoms with Gasteiger partial charge in [0, 0.05) is 25.7 Å². The molecule has 0 aromatic heterocycles. The highest BCUT2D eigenvalue weighted by molar-refractivity contribution is 5.68. The lowest BCUT2D eigenvalue weighted by Gasteiger charge is -2.40. The third-order valence-corrected chi connectivity index (χ3v) is 3.99. The summed E-state index contributed by atoms with van der Waals surface area (Å²) >= 11 is 0. The lowest BCUT2D eigenvalue weighted by Crippen LogP contribution is -2.56. The van der Waals surface area contributed by atoms with E-state index in [1.807, 2.05) is 27.7 Å². The van der Waals surface area contributed by atoms with Crippen molar-refractivity contribution in [3.05, 3.63) is 0 Å². The minimum atomic E-state index is -0.466. The molecule has 1 aliphatic heterocycles. The summed E-state index contributed by atoms with van der Waals surface area (Å²) in [6, 6.07) is 0.522. The van der Waals surface area contributed by atoms with Gasteiger partial charge in [0.25, 0.3) is 0 Å². The minimum Gasteiger partial charge on any atom is -0.444 e. The van der Waals surface area contributed by atoms with Crippen molar-refractivity contribution < 1.29 is 19.0 Å². The number of nitrogens with zero attached hydrogens (tertiary/aromatic N) is 1. The second kappa shape index (κ2) is 7.62. The van der Waals surface area contributed by atoms with Crippen molar-refractivity contribution in [3.8, 4) is 0 Å². The van der Waals surface area contributed by atoms with Crippen molar-refractivity contribution in [1.82, 2.24) is 10.2 Å². The highest BCUT2D eigenvalue weighted by Gasteiger charge is 2.33. The summed E-state index contributed by atoms with van der Waals surface area (Å²) in [7, 11) is 0. The van der Waals surface area contributed by atoms with E-state index in [0.29, 0.717) is 31.9 Å². The Morgan fingerprint density at radius 3 is 2.73 bits per heavy atom. The van der Waals surface area contributed by atoms with Crippen molar-refractivity contribution in [2.45, 2.75) is 64.3 Å². The molecule has 128 valence electrons. The summed E-state index contributed by atoms with van der Waals surface area (Å²) in [5.74, 6) is 0. The number of rotatable bonds is 5. The van der Waals surface area contributed by atoms with Gasteiger partial charge in [-0.15, -0.1) is 0 Å². The van der Waals surface area contributed by atoms with Crippen molar-refractivity contribution in [1.29, 1.82) is 0 Å². The number of morpholine rings is 1. The van der Waals surface area contributed by atoms with E-state index >= 15 is 0 Å². The maximum atomic E-state index is 12.3. The van der Waals surface area contributed by atoms with Crippen molar-refractivity contribution >= 4 is 6.09 Å². The zero-order valence-corrected chi connectivity index (χ0v) is 14.3. The Hall–Kier alpha value is -0.850. The molecule has 2 aliphatic rings. The molecule has 1 atom stereocenters. The average Bonchev–Trinajstić information content (AvgIpc) is 2.39. The van der Waals surface area contributed by atoms with E-state index in [1.54, 1.807) is 4.90 Å². The number of hydrogen-bond acceptors (Lipinski definition) is 5. The van der Waals surface area contributed by atoms with E-state index in [4.69, 9.17) is 14.2 Å². The Kier molecular flexibility index (Phi) is 6.06. The smallest absolute Gasteiger partial charge is 0.410 e. The van der Waals surface area contributed by atoms with Gasteiger partial charge >= 0.3 is 6.09 Å². The molecular weight excluding hydrogens is 284 g/mol. The van der Waals surface area contributed by atoms with Gasteiger partial charge in [-0.3, -0.25) is 4.90 Å². The summed E-state index contributed by atoms with van der Waals surface area (Å²) in [5, 5.41) is 3.52. The first-order valence-corrected chi connectivity index (χ1v) is 8.31. The molecule has 0 radical (unpaired) electrons. The molecule has 6 nitrogen and oxygen atoms in total. The van der Waals surface area contributed by atoms with Crippen LogP contribution in [0.15, 0.2) is 0 Å². The zero-order valence-electron chi connectivity index (χ0n) is 14.3. The molecule has 1 unspecified atom stereocenters. The molecule has 0 spiro atoms. The number of amides is 1. The Morgan fingerprint density at radius 2 is 2.09 bits per heavy atom. The molecular formula is C16H30N2O4. The Labute approximate surface area is 133 Å². The van der Waals surface area contributed by atoms with Crippen LogP contribution in [0.5, 0.6) is 0 Å². The number of hydrogen-bond donors (Lipinski definition) is 1. The SMILES string of the molecule is CCOC1CC(NCC2COCCN2C(=O)OC(C)(C)C)C1. The lowest BCUT2D eigenvalue weighted by atomic mass is 9.89. The first-order chi connectivity index (χ1) is 10.4. The number of carbonyl (C=O) groups excluding carboxylic acids is 1. The van der Waals surface area contributed by atoms with Crippen LogP contribution in [0.25, 0.3) is 0 Å². The predicted octanol–water partition coefficient (Wildman–Crippen LogP) is 1.78. The standard InChI is InChI=1S/C16H30N2O4/c1-5-21-14-8-12(9-14)17-10-13-11-20-7-6-18(13)15(19)22-16(2,3)4/h12-14,17H,5-11H2,1-4H3. The van der Waals surface area contributed by atoms with Gasteiger partial charge in [0.2, 0.25) is 0 Å². The maximum absolute atomic E-state index is 12.3. The van der Waals surface area contributed by atoms with Gasteiger partial charge in [0.15, 0.2) is 0 Å². The molecule has 2 rings (SSSR count). The molecule has 2 fully saturated rings. The van der Waals surface area contributed by atoms with Gasteiger partial charge in [-0.2, -0.15) is 0 Å². The van der Waals surface area contributed by atoms with E-state index in [2.05, 4.69) is 5.32 Å². The highest BCUT2D eigenvalue weighted by atomic mass is 16.6. The predicted molar refractivity (Wildman–Crippen MR) is 84.0 cm³/mol. The van der Waals surface area contributed by atoms with E-state index in [1.165, 1.54) is 0 Å². The van der Waals surface area contributed by atoms with E-state index in [9.17, 15) is 4.79 Å². The van der Waals surface area contributed by atoms with Gasteiger partial charge in [-0.25, -0.2) is 4.79 Å². The monoisotopic (exact) mass is 314 g/mol. The molecule has 1 aliphatic carbocycles. The van der Waals surface area contributed by atoms with Crippen LogP contribution in [0.3, 0.4) is 0 Å². The second-order valence-corrected chi connectivity index (χ2v) is 7.06. The fourth-order valence-corrected chi connectivity index (χ4v) is 2.79. The molecule has 0 aromatic rings. The van der Waals surface area contributed by atoms with Gasteiger partial charge in [-0.1, -0.05) is 0 Å². The van der Waals surface area contributed by atoms with Gasteiger partial charge in [0.1, 0.15) is 5.60 Å². The third kappa shape index (κ3) is 5.11. The molecule has 1 saturated carbocycles. The van der Waals surface area contributed by atoms with Crippen LogP contribution in [0.1, 0.15) is 40.5 Å². The Balaban J connectivity index is 1.77. The summed E-state index contributed by atoms with van der Waals surface area (Å²) in [6.45, 7) is 10.9. The molecule has 22 heavy (non-hydrogen) atoms. The minimum absolute atomic E-state index is 0.0368. The molecule has 1 N–H and O–H groups in total. The van der Waals surface area contributed by atoms with Gasteiger partial charge in [0.05, 0.1) is 25.4 Å². The number of ether oxygens (including phenoxy) is 3. The highest BCUT2D eigenvalue weighted by Crippen LogP contribution is 2.23. The first-order valence-electron chi connectivity index (χ1n) is 8.31. The summed E-state index contributed by atoms with van der Waals surface area (Å²) < 4.78 is 16.6. The molecule has 6 heteroatoms. The summed E-state index contributed by atoms with van der Waals surface area (Å²) in [5.41, 5.74) is -0.466. The van der Waals surface area contributed by atoms with Crippen LogP contribution in [-0.4, -0.2) is 67.7 Å². The molecule has 0 bridgehead atoms. The fraction of sp³-hybridized carbons (Fsp3) is 0.938. The van der Waals surface area contributed by atoms with Crippen LogP contribution < -0.4 is 5.32 Å². The lowest BCUT2D eigenvalue weighted by molar-refractivity contribution is -0.0380. The van der Waals surface area contributed by atoms with Crippen LogP contribution >= 0.6 is 0 Å². The largest absolute Gasteiger partial charge is 0.444 e. The molecule has 1 amide bonds. The summed E-state index contributed by atoms with van der Waals surface area (Å²) in [4.78, 5) is 14.1. The Bertz CT molecular complexity index is 364. The summed E-state index contributed by atoms with van der Waals surface area (Å²) in [6.07, 6.45) is 2.25. The molecule has 1 heterocycles. The van der Waals surface area contributed by atoms with Gasteiger partial charge < -0.3 is 19.5 Å². The van der Waals surface area contributed by atoms with E-state index < -0.39 is 5.60 Å². The van der Waals surface area contributed by atoms with Crippen LogP contribution in [0, 0.1) is 0 Å². The maximum Gasteiger partial charge on any atom is 0.410 e. The zero-order chi connectivity index (χ0) is 16.2. The van der Waals surface area contributed by atoms with Crippen molar-refractivity contribution in [3.63, 3.8) is 0 Å². The fourth-order valence-electron chi connectivity index (χ4n) is 2.79. The van der Waals surface area contributed by atoms with E-state index in [0.717, 1.165) is 26.0 Å². The van der Waals surface area contributed by atoms with Gasteiger partial charge in [-0.05, 0) is 40.5 Å². The average molecular weight is 314 g/mol. The van der Waals surface area contributed by atoms with Crippen LogP contribution in [0.2, 0.25) is 0 Å². The van der Waals surface area contributed by atoms with Crippen LogP contribution in [-0.2, 0) is 14.2 Å². The third-order valence-electron chi connectivity index (χ3n) is 3.99. The number of carbonyl (C=O) groups is 1. The van der Waals surface area contributed by atoms with Crippen molar-refractivity contribution in [2.75, 3.05) is 32.9 Å². The first kappa shape index (κ1) is 17.5. The number of nitrogens with one attached hydrogen (secondary N) is 1. The van der Waals surface area contributed by atoms with Crippen LogP contribution in [0.4, 0.5) is 4.79 Å². The topological polar surface area (TPSA) is 60.0 Å².